The quantitative estimate of drug-likeness (QED) is 0.486. The molecule has 0 saturated carbocycles. The maximum Gasteiger partial charge on any atom is 0.305 e. The average Bonchev–Trinajstić information content (AvgIpc) is 2.52. The zero-order valence-electron chi connectivity index (χ0n) is 12.9. The normalized spacial score (nSPS) is 11.7. The van der Waals surface area contributed by atoms with Gasteiger partial charge in [0.2, 0.25) is 0 Å². The third-order valence-electron chi connectivity index (χ3n) is 2.70. The van der Waals surface area contributed by atoms with E-state index in [2.05, 4.69) is 0 Å². The van der Waals surface area contributed by atoms with Gasteiger partial charge in [0.1, 0.15) is 12.7 Å². The fourth-order valence-electron chi connectivity index (χ4n) is 1.53. The third-order valence-corrected chi connectivity index (χ3v) is 2.70. The highest BCUT2D eigenvalue weighted by atomic mass is 16.7. The first-order chi connectivity index (χ1) is 10.6. The molecule has 6 heteroatoms. The highest BCUT2D eigenvalue weighted by Gasteiger charge is 2.13. The van der Waals surface area contributed by atoms with Crippen molar-refractivity contribution in [3.63, 3.8) is 0 Å². The summed E-state index contributed by atoms with van der Waals surface area (Å²) in [7, 11) is 0. The standard InChI is InChI=1S/C16H22O6/c1-3-16(18)20-11-15(22-12-21-13(2)17)10-19-9-14-7-5-4-6-8-14/h4-8,15H,3,9-12H2,1-2H3. The minimum absolute atomic E-state index is 0.0583. The molecule has 1 aromatic carbocycles. The molecule has 1 atom stereocenters. The molecular formula is C16H22O6. The monoisotopic (exact) mass is 310 g/mol. The van der Waals surface area contributed by atoms with Gasteiger partial charge in [0, 0.05) is 13.3 Å². The summed E-state index contributed by atoms with van der Waals surface area (Å²) in [4.78, 5) is 21.9. The van der Waals surface area contributed by atoms with Gasteiger partial charge in [0.25, 0.3) is 0 Å². The Morgan fingerprint density at radius 2 is 1.82 bits per heavy atom. The Morgan fingerprint density at radius 1 is 1.09 bits per heavy atom. The van der Waals surface area contributed by atoms with Crippen LogP contribution in [0.1, 0.15) is 25.8 Å². The molecule has 1 aromatic rings. The van der Waals surface area contributed by atoms with Gasteiger partial charge < -0.3 is 18.9 Å². The number of rotatable bonds is 10. The Balaban J connectivity index is 2.35. The van der Waals surface area contributed by atoms with Crippen molar-refractivity contribution in [1.29, 1.82) is 0 Å². The first-order valence-electron chi connectivity index (χ1n) is 7.14. The van der Waals surface area contributed by atoms with Gasteiger partial charge in [-0.2, -0.15) is 0 Å². The van der Waals surface area contributed by atoms with Crippen molar-refractivity contribution < 1.29 is 28.5 Å². The van der Waals surface area contributed by atoms with Gasteiger partial charge in [-0.3, -0.25) is 9.59 Å². The summed E-state index contributed by atoms with van der Waals surface area (Å²) < 4.78 is 20.6. The SMILES string of the molecule is CCC(=O)OCC(COCc1ccccc1)OCOC(C)=O. The highest BCUT2D eigenvalue weighted by molar-refractivity contribution is 5.68. The molecule has 0 radical (unpaired) electrons. The lowest BCUT2D eigenvalue weighted by Gasteiger charge is -2.17. The first kappa shape index (κ1) is 18.1. The smallest absolute Gasteiger partial charge is 0.305 e. The van der Waals surface area contributed by atoms with Crippen molar-refractivity contribution >= 4 is 11.9 Å². The van der Waals surface area contributed by atoms with Gasteiger partial charge in [-0.15, -0.1) is 0 Å². The predicted octanol–water partition coefficient (Wildman–Crippen LogP) is 2.06. The molecule has 0 aliphatic heterocycles. The molecule has 0 aromatic heterocycles. The minimum atomic E-state index is -0.487. The molecular weight excluding hydrogens is 288 g/mol. The Bertz CT molecular complexity index is 445. The fraction of sp³-hybridized carbons (Fsp3) is 0.500. The van der Waals surface area contributed by atoms with E-state index in [-0.39, 0.29) is 26.0 Å². The second-order valence-electron chi connectivity index (χ2n) is 4.58. The molecule has 0 spiro atoms. The van der Waals surface area contributed by atoms with E-state index in [1.54, 1.807) is 6.92 Å². The number of benzene rings is 1. The maximum atomic E-state index is 11.2. The van der Waals surface area contributed by atoms with Crippen LogP contribution in [0.2, 0.25) is 0 Å². The number of hydrogen-bond acceptors (Lipinski definition) is 6. The van der Waals surface area contributed by atoms with Crippen LogP contribution in [0.3, 0.4) is 0 Å². The molecule has 0 aliphatic carbocycles. The predicted molar refractivity (Wildman–Crippen MR) is 78.9 cm³/mol. The highest BCUT2D eigenvalue weighted by Crippen LogP contribution is 2.03. The van der Waals surface area contributed by atoms with Crippen LogP contribution in [0, 0.1) is 0 Å². The Morgan fingerprint density at radius 3 is 2.45 bits per heavy atom. The van der Waals surface area contributed by atoms with Crippen molar-refractivity contribution in [2.24, 2.45) is 0 Å². The lowest BCUT2D eigenvalue weighted by Crippen LogP contribution is -2.28. The molecule has 0 bridgehead atoms. The van der Waals surface area contributed by atoms with E-state index in [0.717, 1.165) is 5.56 Å². The van der Waals surface area contributed by atoms with Crippen LogP contribution in [-0.4, -0.2) is 38.0 Å². The summed E-state index contributed by atoms with van der Waals surface area (Å²) in [5, 5.41) is 0. The van der Waals surface area contributed by atoms with Crippen LogP contribution in [0.4, 0.5) is 0 Å². The topological polar surface area (TPSA) is 71.1 Å². The number of ether oxygens (including phenoxy) is 4. The first-order valence-corrected chi connectivity index (χ1v) is 7.14. The van der Waals surface area contributed by atoms with Gasteiger partial charge in [0.15, 0.2) is 6.79 Å². The summed E-state index contributed by atoms with van der Waals surface area (Å²) in [6.07, 6.45) is -0.194. The maximum absolute atomic E-state index is 11.2. The van der Waals surface area contributed by atoms with E-state index in [0.29, 0.717) is 13.0 Å². The molecule has 0 saturated heterocycles. The van der Waals surface area contributed by atoms with Crippen molar-refractivity contribution in [1.82, 2.24) is 0 Å². The van der Waals surface area contributed by atoms with Crippen molar-refractivity contribution in [3.05, 3.63) is 35.9 Å². The second-order valence-corrected chi connectivity index (χ2v) is 4.58. The lowest BCUT2D eigenvalue weighted by atomic mass is 10.2. The third kappa shape index (κ3) is 8.39. The van der Waals surface area contributed by atoms with Gasteiger partial charge in [0.05, 0.1) is 13.2 Å². The number of carbonyl (C=O) groups is 2. The molecule has 122 valence electrons. The lowest BCUT2D eigenvalue weighted by molar-refractivity contribution is -0.170. The molecule has 0 aliphatic rings. The van der Waals surface area contributed by atoms with E-state index >= 15 is 0 Å². The summed E-state index contributed by atoms with van der Waals surface area (Å²) in [6, 6.07) is 9.68. The van der Waals surface area contributed by atoms with Gasteiger partial charge in [-0.25, -0.2) is 0 Å². The van der Waals surface area contributed by atoms with E-state index in [9.17, 15) is 9.59 Å². The average molecular weight is 310 g/mol. The molecule has 22 heavy (non-hydrogen) atoms. The van der Waals surface area contributed by atoms with Crippen LogP contribution >= 0.6 is 0 Å². The second kappa shape index (κ2) is 10.8. The summed E-state index contributed by atoms with van der Waals surface area (Å²) >= 11 is 0. The Hall–Kier alpha value is -1.92. The minimum Gasteiger partial charge on any atom is -0.463 e. The number of carbonyl (C=O) groups excluding carboxylic acids is 2. The van der Waals surface area contributed by atoms with Crippen molar-refractivity contribution in [3.8, 4) is 0 Å². The van der Waals surface area contributed by atoms with Crippen LogP contribution < -0.4 is 0 Å². The number of esters is 2. The van der Waals surface area contributed by atoms with Gasteiger partial charge in [-0.05, 0) is 5.56 Å². The zero-order chi connectivity index (χ0) is 16.2. The Labute approximate surface area is 130 Å². The van der Waals surface area contributed by atoms with Crippen molar-refractivity contribution in [2.45, 2.75) is 33.0 Å². The Kier molecular flexibility index (Phi) is 8.86. The van der Waals surface area contributed by atoms with Crippen LogP contribution in [0.25, 0.3) is 0 Å². The molecule has 0 N–H and O–H groups in total. The molecule has 1 rings (SSSR count). The zero-order valence-corrected chi connectivity index (χ0v) is 12.9. The molecule has 0 heterocycles. The van der Waals surface area contributed by atoms with Crippen LogP contribution in [0.15, 0.2) is 30.3 Å². The van der Waals surface area contributed by atoms with E-state index in [1.165, 1.54) is 6.92 Å². The molecule has 6 nitrogen and oxygen atoms in total. The van der Waals surface area contributed by atoms with E-state index < -0.39 is 12.1 Å². The van der Waals surface area contributed by atoms with E-state index in [1.807, 2.05) is 30.3 Å². The van der Waals surface area contributed by atoms with Crippen LogP contribution in [0.5, 0.6) is 0 Å². The number of hydrogen-bond donors (Lipinski definition) is 0. The van der Waals surface area contributed by atoms with E-state index in [4.69, 9.17) is 18.9 Å². The summed E-state index contributed by atoms with van der Waals surface area (Å²) in [6.45, 7) is 3.52. The van der Waals surface area contributed by atoms with Crippen LogP contribution in [-0.2, 0) is 35.1 Å². The molecule has 0 amide bonds. The summed E-state index contributed by atoms with van der Waals surface area (Å²) in [5.74, 6) is -0.751. The largest absolute Gasteiger partial charge is 0.463 e. The van der Waals surface area contributed by atoms with Gasteiger partial charge in [-0.1, -0.05) is 37.3 Å². The molecule has 0 fully saturated rings. The van der Waals surface area contributed by atoms with Crippen molar-refractivity contribution in [2.75, 3.05) is 20.0 Å². The molecule has 1 unspecified atom stereocenters. The van der Waals surface area contributed by atoms with Gasteiger partial charge >= 0.3 is 11.9 Å². The summed E-state index contributed by atoms with van der Waals surface area (Å²) in [5.41, 5.74) is 1.03. The fourth-order valence-corrected chi connectivity index (χ4v) is 1.53.